The molecular weight excluding hydrogens is 173 g/mol. The van der Waals surface area contributed by atoms with Crippen molar-refractivity contribution in [1.29, 1.82) is 5.26 Å². The molecular formula is C9H8FNS. The molecule has 0 bridgehead atoms. The lowest BCUT2D eigenvalue weighted by Crippen LogP contribution is -1.90. The SMILES string of the molecule is CSc1ccc(C#N)c(C)c1F. The maximum Gasteiger partial charge on any atom is 0.140 e. The van der Waals surface area contributed by atoms with Crippen LogP contribution in [-0.2, 0) is 0 Å². The van der Waals surface area contributed by atoms with E-state index in [1.807, 2.05) is 12.3 Å². The molecule has 0 aliphatic heterocycles. The van der Waals surface area contributed by atoms with E-state index in [9.17, 15) is 4.39 Å². The number of halogens is 1. The summed E-state index contributed by atoms with van der Waals surface area (Å²) in [6.07, 6.45) is 1.81. The fourth-order valence-electron chi connectivity index (χ4n) is 0.939. The molecule has 1 aromatic carbocycles. The maximum absolute atomic E-state index is 13.3. The molecule has 62 valence electrons. The van der Waals surface area contributed by atoms with Crippen molar-refractivity contribution in [2.45, 2.75) is 11.8 Å². The molecule has 0 radical (unpaired) electrons. The molecule has 0 aliphatic rings. The van der Waals surface area contributed by atoms with E-state index in [1.54, 1.807) is 19.1 Å². The molecule has 1 aromatic rings. The van der Waals surface area contributed by atoms with Crippen LogP contribution in [0.3, 0.4) is 0 Å². The molecule has 0 atom stereocenters. The van der Waals surface area contributed by atoms with E-state index in [-0.39, 0.29) is 5.82 Å². The van der Waals surface area contributed by atoms with Crippen LogP contribution in [0.4, 0.5) is 4.39 Å². The molecule has 0 unspecified atom stereocenters. The summed E-state index contributed by atoms with van der Waals surface area (Å²) in [5.74, 6) is -0.276. The van der Waals surface area contributed by atoms with E-state index in [4.69, 9.17) is 5.26 Å². The smallest absolute Gasteiger partial charge is 0.140 e. The zero-order valence-corrected chi connectivity index (χ0v) is 7.70. The molecule has 0 saturated carbocycles. The minimum atomic E-state index is -0.276. The number of nitriles is 1. The van der Waals surface area contributed by atoms with E-state index >= 15 is 0 Å². The van der Waals surface area contributed by atoms with Crippen LogP contribution in [0, 0.1) is 24.1 Å². The van der Waals surface area contributed by atoms with Crippen molar-refractivity contribution < 1.29 is 4.39 Å². The highest BCUT2D eigenvalue weighted by Crippen LogP contribution is 2.23. The highest BCUT2D eigenvalue weighted by atomic mass is 32.2. The van der Waals surface area contributed by atoms with Crippen LogP contribution in [0.2, 0.25) is 0 Å². The second kappa shape index (κ2) is 3.59. The first-order chi connectivity index (χ1) is 5.70. The van der Waals surface area contributed by atoms with Gasteiger partial charge in [0.1, 0.15) is 5.82 Å². The summed E-state index contributed by atoms with van der Waals surface area (Å²) >= 11 is 1.34. The molecule has 0 aromatic heterocycles. The highest BCUT2D eigenvalue weighted by molar-refractivity contribution is 7.98. The van der Waals surface area contributed by atoms with Gasteiger partial charge in [-0.2, -0.15) is 5.26 Å². The number of hydrogen-bond acceptors (Lipinski definition) is 2. The molecule has 0 heterocycles. The Balaban J connectivity index is 3.32. The van der Waals surface area contributed by atoms with Gasteiger partial charge in [-0.05, 0) is 25.3 Å². The zero-order valence-electron chi connectivity index (χ0n) is 6.89. The Labute approximate surface area is 75.2 Å². The average Bonchev–Trinajstić information content (AvgIpc) is 2.10. The maximum atomic E-state index is 13.3. The van der Waals surface area contributed by atoms with E-state index in [2.05, 4.69) is 0 Å². The van der Waals surface area contributed by atoms with Crippen LogP contribution in [0.25, 0.3) is 0 Å². The zero-order chi connectivity index (χ0) is 9.14. The van der Waals surface area contributed by atoms with Gasteiger partial charge in [0.25, 0.3) is 0 Å². The van der Waals surface area contributed by atoms with E-state index in [0.29, 0.717) is 16.0 Å². The van der Waals surface area contributed by atoms with Gasteiger partial charge in [-0.15, -0.1) is 11.8 Å². The summed E-state index contributed by atoms with van der Waals surface area (Å²) in [6.45, 7) is 1.62. The largest absolute Gasteiger partial charge is 0.205 e. The van der Waals surface area contributed by atoms with E-state index in [1.165, 1.54) is 11.8 Å². The Hall–Kier alpha value is -1.01. The quantitative estimate of drug-likeness (QED) is 0.622. The van der Waals surface area contributed by atoms with Crippen LogP contribution in [0.15, 0.2) is 17.0 Å². The third kappa shape index (κ3) is 1.44. The molecule has 0 saturated heterocycles. The molecule has 3 heteroatoms. The summed E-state index contributed by atoms with van der Waals surface area (Å²) in [7, 11) is 0. The predicted molar refractivity (Wildman–Crippen MR) is 47.6 cm³/mol. The van der Waals surface area contributed by atoms with Crippen LogP contribution in [0.1, 0.15) is 11.1 Å². The van der Waals surface area contributed by atoms with Crippen molar-refractivity contribution >= 4 is 11.8 Å². The average molecular weight is 181 g/mol. The molecule has 0 fully saturated rings. The Morgan fingerprint density at radius 3 is 2.67 bits per heavy atom. The third-order valence-electron chi connectivity index (χ3n) is 1.69. The highest BCUT2D eigenvalue weighted by Gasteiger charge is 2.07. The fraction of sp³-hybridized carbons (Fsp3) is 0.222. The van der Waals surface area contributed by atoms with Crippen LogP contribution in [-0.4, -0.2) is 6.26 Å². The summed E-state index contributed by atoms with van der Waals surface area (Å²) < 4.78 is 13.3. The van der Waals surface area contributed by atoms with Gasteiger partial charge in [0.15, 0.2) is 0 Å². The summed E-state index contributed by atoms with van der Waals surface area (Å²) in [5, 5.41) is 8.58. The first-order valence-electron chi connectivity index (χ1n) is 3.44. The number of thioether (sulfide) groups is 1. The van der Waals surface area contributed by atoms with Crippen molar-refractivity contribution in [3.05, 3.63) is 29.1 Å². The predicted octanol–water partition coefficient (Wildman–Crippen LogP) is 2.73. The Morgan fingerprint density at radius 1 is 1.50 bits per heavy atom. The second-order valence-corrected chi connectivity index (χ2v) is 3.21. The Bertz CT molecular complexity index is 341. The topological polar surface area (TPSA) is 23.8 Å². The van der Waals surface area contributed by atoms with Crippen molar-refractivity contribution in [3.8, 4) is 6.07 Å². The van der Waals surface area contributed by atoms with Gasteiger partial charge in [-0.1, -0.05) is 0 Å². The van der Waals surface area contributed by atoms with Gasteiger partial charge in [0, 0.05) is 10.5 Å². The monoisotopic (exact) mass is 181 g/mol. The van der Waals surface area contributed by atoms with Gasteiger partial charge in [-0.25, -0.2) is 4.39 Å². The van der Waals surface area contributed by atoms with E-state index < -0.39 is 0 Å². The summed E-state index contributed by atoms with van der Waals surface area (Å²) in [6, 6.07) is 5.21. The van der Waals surface area contributed by atoms with Crippen molar-refractivity contribution in [2.75, 3.05) is 6.26 Å². The number of benzene rings is 1. The van der Waals surface area contributed by atoms with Gasteiger partial charge in [-0.3, -0.25) is 0 Å². The molecule has 0 N–H and O–H groups in total. The number of nitrogens with zero attached hydrogens (tertiary/aromatic N) is 1. The van der Waals surface area contributed by atoms with E-state index in [0.717, 1.165) is 0 Å². The fourth-order valence-corrected chi connectivity index (χ4v) is 1.48. The minimum absolute atomic E-state index is 0.276. The normalized spacial score (nSPS) is 9.50. The van der Waals surface area contributed by atoms with Gasteiger partial charge < -0.3 is 0 Å². The Morgan fingerprint density at radius 2 is 2.17 bits per heavy atom. The van der Waals surface area contributed by atoms with Crippen molar-refractivity contribution in [3.63, 3.8) is 0 Å². The molecule has 1 nitrogen and oxygen atoms in total. The molecule has 0 spiro atoms. The molecule has 0 amide bonds. The standard InChI is InChI=1S/C9H8FNS/c1-6-7(5-11)3-4-8(12-2)9(6)10/h3-4H,1-2H3. The van der Waals surface area contributed by atoms with Gasteiger partial charge in [0.05, 0.1) is 11.6 Å². The first-order valence-corrected chi connectivity index (χ1v) is 4.66. The van der Waals surface area contributed by atoms with Crippen LogP contribution < -0.4 is 0 Å². The first kappa shape index (κ1) is 9.08. The summed E-state index contributed by atoms with van der Waals surface area (Å²) in [5.41, 5.74) is 0.842. The lowest BCUT2D eigenvalue weighted by Gasteiger charge is -2.02. The third-order valence-corrected chi connectivity index (χ3v) is 2.45. The summed E-state index contributed by atoms with van der Waals surface area (Å²) in [4.78, 5) is 0.589. The molecule has 12 heavy (non-hydrogen) atoms. The number of hydrogen-bond donors (Lipinski definition) is 0. The molecule has 0 aliphatic carbocycles. The van der Waals surface area contributed by atoms with Crippen molar-refractivity contribution in [2.24, 2.45) is 0 Å². The van der Waals surface area contributed by atoms with Gasteiger partial charge >= 0.3 is 0 Å². The molecule has 1 rings (SSSR count). The Kier molecular flexibility index (Phi) is 2.72. The van der Waals surface area contributed by atoms with Crippen LogP contribution >= 0.6 is 11.8 Å². The van der Waals surface area contributed by atoms with Crippen LogP contribution in [0.5, 0.6) is 0 Å². The minimum Gasteiger partial charge on any atom is -0.205 e. The lowest BCUT2D eigenvalue weighted by atomic mass is 10.1. The van der Waals surface area contributed by atoms with Gasteiger partial charge in [0.2, 0.25) is 0 Å². The van der Waals surface area contributed by atoms with Crippen molar-refractivity contribution in [1.82, 2.24) is 0 Å². The second-order valence-electron chi connectivity index (χ2n) is 2.37. The lowest BCUT2D eigenvalue weighted by molar-refractivity contribution is 0.592. The number of rotatable bonds is 1.